The molecule has 0 bridgehead atoms. The Morgan fingerprint density at radius 2 is 2.08 bits per heavy atom. The summed E-state index contributed by atoms with van der Waals surface area (Å²) >= 11 is 0. The van der Waals surface area contributed by atoms with Gasteiger partial charge in [-0.25, -0.2) is 0 Å². The van der Waals surface area contributed by atoms with Gasteiger partial charge in [-0.05, 0) is 26.3 Å². The summed E-state index contributed by atoms with van der Waals surface area (Å²) in [6.45, 7) is 5.52. The monoisotopic (exact) mass is 166 g/mol. The van der Waals surface area contributed by atoms with Gasteiger partial charge in [0.1, 0.15) is 5.60 Å². The van der Waals surface area contributed by atoms with E-state index in [-0.39, 0.29) is 0 Å². The van der Waals surface area contributed by atoms with E-state index in [4.69, 9.17) is 0 Å². The molecule has 0 radical (unpaired) electrons. The second-order valence-electron chi connectivity index (χ2n) is 3.37. The molecule has 0 aromatic heterocycles. The molecule has 0 spiro atoms. The van der Waals surface area contributed by atoms with Gasteiger partial charge in [0.05, 0.1) is 0 Å². The van der Waals surface area contributed by atoms with E-state index in [0.717, 1.165) is 6.42 Å². The van der Waals surface area contributed by atoms with Crippen molar-refractivity contribution in [1.82, 2.24) is 0 Å². The molecule has 0 unspecified atom stereocenters. The normalized spacial score (nSPS) is 11.3. The third kappa shape index (κ3) is 9.26. The second kappa shape index (κ2) is 5.85. The van der Waals surface area contributed by atoms with Gasteiger partial charge in [-0.2, -0.15) is 0 Å². The van der Waals surface area contributed by atoms with E-state index in [2.05, 4.69) is 18.8 Å². The minimum absolute atomic E-state index is 0.866. The van der Waals surface area contributed by atoms with Crippen molar-refractivity contribution in [3.8, 4) is 11.8 Å². The first-order valence-corrected chi connectivity index (χ1v) is 4.46. The van der Waals surface area contributed by atoms with E-state index in [0.29, 0.717) is 0 Å². The van der Waals surface area contributed by atoms with Crippen LogP contribution < -0.4 is 0 Å². The summed E-state index contributed by atoms with van der Waals surface area (Å²) < 4.78 is 0. The number of rotatable bonds is 3. The van der Waals surface area contributed by atoms with Crippen LogP contribution in [0.25, 0.3) is 0 Å². The SMILES string of the molecule is CCCC/C=C\C#CC(C)(C)O. The maximum Gasteiger partial charge on any atom is 0.120 e. The highest BCUT2D eigenvalue weighted by atomic mass is 16.3. The lowest BCUT2D eigenvalue weighted by Gasteiger charge is -2.04. The maximum atomic E-state index is 9.21. The van der Waals surface area contributed by atoms with Crippen LogP contribution in [0.5, 0.6) is 0 Å². The molecule has 1 heteroatoms. The minimum Gasteiger partial charge on any atom is -0.378 e. The largest absolute Gasteiger partial charge is 0.378 e. The molecule has 0 aromatic carbocycles. The molecule has 0 fully saturated rings. The minimum atomic E-state index is -0.866. The molecule has 0 saturated carbocycles. The van der Waals surface area contributed by atoms with Crippen molar-refractivity contribution in [3.63, 3.8) is 0 Å². The van der Waals surface area contributed by atoms with E-state index in [1.807, 2.05) is 12.2 Å². The Bertz CT molecular complexity index is 185. The Morgan fingerprint density at radius 3 is 2.58 bits per heavy atom. The summed E-state index contributed by atoms with van der Waals surface area (Å²) in [4.78, 5) is 0. The van der Waals surface area contributed by atoms with Gasteiger partial charge in [0, 0.05) is 0 Å². The first-order valence-electron chi connectivity index (χ1n) is 4.46. The Hall–Kier alpha value is -0.740. The Labute approximate surface area is 75.5 Å². The van der Waals surface area contributed by atoms with Gasteiger partial charge in [-0.1, -0.05) is 37.7 Å². The summed E-state index contributed by atoms with van der Waals surface area (Å²) in [6.07, 6.45) is 7.36. The summed E-state index contributed by atoms with van der Waals surface area (Å²) in [5, 5.41) is 9.21. The first kappa shape index (κ1) is 11.3. The predicted octanol–water partition coefficient (Wildman–Crippen LogP) is 2.51. The molecule has 0 heterocycles. The second-order valence-corrected chi connectivity index (χ2v) is 3.37. The van der Waals surface area contributed by atoms with Crippen LogP contribution in [0.15, 0.2) is 12.2 Å². The predicted molar refractivity (Wildman–Crippen MR) is 52.7 cm³/mol. The Balaban J connectivity index is 3.63. The standard InChI is InChI=1S/C11H18O/c1-4-5-6-7-8-9-10-11(2,3)12/h7-8,12H,4-6H2,1-3H3/b8-7-. The van der Waals surface area contributed by atoms with Gasteiger partial charge in [-0.15, -0.1) is 0 Å². The molecule has 0 aliphatic heterocycles. The molecule has 0 rings (SSSR count). The van der Waals surface area contributed by atoms with Crippen LogP contribution in [-0.4, -0.2) is 10.7 Å². The van der Waals surface area contributed by atoms with Crippen LogP contribution in [0.2, 0.25) is 0 Å². The fraction of sp³-hybridized carbons (Fsp3) is 0.636. The van der Waals surface area contributed by atoms with Crippen LogP contribution in [0.3, 0.4) is 0 Å². The quantitative estimate of drug-likeness (QED) is 0.504. The molecule has 12 heavy (non-hydrogen) atoms. The molecule has 0 atom stereocenters. The smallest absolute Gasteiger partial charge is 0.120 e. The number of unbranched alkanes of at least 4 members (excludes halogenated alkanes) is 2. The molecule has 1 N–H and O–H groups in total. The van der Waals surface area contributed by atoms with Crippen molar-refractivity contribution in [2.75, 3.05) is 0 Å². The third-order valence-electron chi connectivity index (χ3n) is 1.30. The van der Waals surface area contributed by atoms with Crippen molar-refractivity contribution >= 4 is 0 Å². The fourth-order valence-corrected chi connectivity index (χ4v) is 0.683. The number of hydrogen-bond acceptors (Lipinski definition) is 1. The lowest BCUT2D eigenvalue weighted by Crippen LogP contribution is -2.14. The van der Waals surface area contributed by atoms with Crippen LogP contribution in [-0.2, 0) is 0 Å². The van der Waals surface area contributed by atoms with Crippen LogP contribution in [0, 0.1) is 11.8 Å². The summed E-state index contributed by atoms with van der Waals surface area (Å²) in [5.41, 5.74) is -0.866. The average molecular weight is 166 g/mol. The van der Waals surface area contributed by atoms with Crippen LogP contribution in [0.4, 0.5) is 0 Å². The van der Waals surface area contributed by atoms with Crippen molar-refractivity contribution in [2.24, 2.45) is 0 Å². The fourth-order valence-electron chi connectivity index (χ4n) is 0.683. The third-order valence-corrected chi connectivity index (χ3v) is 1.30. The van der Waals surface area contributed by atoms with Crippen LogP contribution in [0.1, 0.15) is 40.0 Å². The van der Waals surface area contributed by atoms with Gasteiger partial charge < -0.3 is 5.11 Å². The van der Waals surface area contributed by atoms with E-state index in [1.165, 1.54) is 12.8 Å². The molecule has 0 aromatic rings. The Morgan fingerprint density at radius 1 is 1.42 bits per heavy atom. The van der Waals surface area contributed by atoms with E-state index < -0.39 is 5.60 Å². The van der Waals surface area contributed by atoms with E-state index in [1.54, 1.807) is 13.8 Å². The highest BCUT2D eigenvalue weighted by Gasteiger charge is 2.04. The van der Waals surface area contributed by atoms with E-state index in [9.17, 15) is 5.11 Å². The topological polar surface area (TPSA) is 20.2 Å². The zero-order valence-electron chi connectivity index (χ0n) is 8.22. The average Bonchev–Trinajstić information content (AvgIpc) is 1.94. The summed E-state index contributed by atoms with van der Waals surface area (Å²) in [5.74, 6) is 5.52. The summed E-state index contributed by atoms with van der Waals surface area (Å²) in [7, 11) is 0. The molecule has 0 aliphatic carbocycles. The van der Waals surface area contributed by atoms with Gasteiger partial charge in [-0.3, -0.25) is 0 Å². The van der Waals surface area contributed by atoms with Gasteiger partial charge in [0.15, 0.2) is 0 Å². The zero-order valence-corrected chi connectivity index (χ0v) is 8.22. The molecular formula is C11H18O. The van der Waals surface area contributed by atoms with Gasteiger partial charge >= 0.3 is 0 Å². The van der Waals surface area contributed by atoms with Crippen molar-refractivity contribution in [1.29, 1.82) is 0 Å². The van der Waals surface area contributed by atoms with Crippen molar-refractivity contribution in [2.45, 2.75) is 45.6 Å². The van der Waals surface area contributed by atoms with Crippen molar-refractivity contribution in [3.05, 3.63) is 12.2 Å². The van der Waals surface area contributed by atoms with E-state index >= 15 is 0 Å². The molecule has 68 valence electrons. The zero-order chi connectivity index (χ0) is 9.45. The molecule has 0 amide bonds. The number of allylic oxidation sites excluding steroid dienone is 2. The first-order chi connectivity index (χ1) is 5.56. The number of hydrogen-bond donors (Lipinski definition) is 1. The summed E-state index contributed by atoms with van der Waals surface area (Å²) in [6, 6.07) is 0. The highest BCUT2D eigenvalue weighted by molar-refractivity contribution is 5.20. The maximum absolute atomic E-state index is 9.21. The molecule has 0 aliphatic rings. The molecule has 0 saturated heterocycles. The van der Waals surface area contributed by atoms with Crippen molar-refractivity contribution < 1.29 is 5.11 Å². The van der Waals surface area contributed by atoms with Crippen LogP contribution >= 0.6 is 0 Å². The highest BCUT2D eigenvalue weighted by Crippen LogP contribution is 1.97. The molecular weight excluding hydrogens is 148 g/mol. The Kier molecular flexibility index (Phi) is 5.49. The van der Waals surface area contributed by atoms with Gasteiger partial charge in [0.2, 0.25) is 0 Å². The molecule has 1 nitrogen and oxygen atoms in total. The van der Waals surface area contributed by atoms with Gasteiger partial charge in [0.25, 0.3) is 0 Å². The lowest BCUT2D eigenvalue weighted by molar-refractivity contribution is 0.143. The number of aliphatic hydroxyl groups is 1. The lowest BCUT2D eigenvalue weighted by atomic mass is 10.1.